The van der Waals surface area contributed by atoms with Crippen LogP contribution >= 0.6 is 0 Å². The third-order valence-electron chi connectivity index (χ3n) is 11.5. The number of nitrogens with one attached hydrogen (secondary N) is 4. The fraction of sp³-hybridized carbons (Fsp3) is 0.107. The average molecular weight is 1130 g/mol. The molecular formula is C56H50N4O14S4. The van der Waals surface area contributed by atoms with E-state index in [0.29, 0.717) is 33.4 Å². The molecule has 0 saturated carbocycles. The standard InChI is InChI=1S/C56H50N4O14S4/c1-35-27-37(3)53(38(4)28-35)77(67,68)73-49-17-9-13-45(33-49)59-55(61)57-43-11-7-15-47(31-43)71-75(63,64)51-23-19-41(20-24-51)42-21-25-52(26-22-42)76(65,66)72-48-16-8-12-44(32-48)58-56(62)60-46-14-10-18-50(34-46)74-78(69,70)54-39(5)29-36(2)30-40(54)6/h7-34H,1-6H3,(H2,57,59,61)(H2,58,60,62). The summed E-state index contributed by atoms with van der Waals surface area (Å²) < 4.78 is 128. The Labute approximate surface area is 452 Å². The van der Waals surface area contributed by atoms with E-state index < -0.39 is 52.5 Å². The minimum absolute atomic E-state index is 0.0334. The Morgan fingerprint density at radius 2 is 0.564 bits per heavy atom. The maximum atomic E-state index is 13.4. The molecule has 8 aromatic carbocycles. The van der Waals surface area contributed by atoms with E-state index >= 15 is 0 Å². The van der Waals surface area contributed by atoms with Crippen molar-refractivity contribution in [3.8, 4) is 34.1 Å². The molecule has 0 saturated heterocycles. The smallest absolute Gasteiger partial charge is 0.339 e. The van der Waals surface area contributed by atoms with Crippen molar-refractivity contribution in [1.29, 1.82) is 0 Å². The van der Waals surface area contributed by atoms with Gasteiger partial charge in [-0.2, -0.15) is 33.7 Å². The lowest BCUT2D eigenvalue weighted by Crippen LogP contribution is -2.19. The number of amides is 4. The molecule has 8 rings (SSSR count). The van der Waals surface area contributed by atoms with E-state index in [-0.39, 0.29) is 65.3 Å². The Kier molecular flexibility index (Phi) is 16.0. The second kappa shape index (κ2) is 22.5. The maximum Gasteiger partial charge on any atom is 0.339 e. The van der Waals surface area contributed by atoms with Gasteiger partial charge in [0, 0.05) is 47.0 Å². The van der Waals surface area contributed by atoms with Crippen molar-refractivity contribution >= 4 is 75.3 Å². The predicted molar refractivity (Wildman–Crippen MR) is 295 cm³/mol. The van der Waals surface area contributed by atoms with E-state index in [1.807, 2.05) is 13.8 Å². The van der Waals surface area contributed by atoms with Gasteiger partial charge in [-0.1, -0.05) is 83.9 Å². The number of carbonyl (C=O) groups excluding carboxylic acids is 2. The monoisotopic (exact) mass is 1130 g/mol. The molecule has 402 valence electrons. The van der Waals surface area contributed by atoms with E-state index in [1.54, 1.807) is 52.0 Å². The van der Waals surface area contributed by atoms with E-state index in [9.17, 15) is 43.3 Å². The number of aryl methyl sites for hydroxylation is 6. The van der Waals surface area contributed by atoms with Gasteiger partial charge in [-0.15, -0.1) is 0 Å². The lowest BCUT2D eigenvalue weighted by molar-refractivity contribution is 0.261. The van der Waals surface area contributed by atoms with Crippen LogP contribution in [0.25, 0.3) is 11.1 Å². The molecule has 0 fully saturated rings. The van der Waals surface area contributed by atoms with Crippen LogP contribution in [0.4, 0.5) is 32.3 Å². The fourth-order valence-corrected chi connectivity index (χ4v) is 13.1. The van der Waals surface area contributed by atoms with E-state index in [0.717, 1.165) is 11.1 Å². The number of hydrogen-bond donors (Lipinski definition) is 4. The van der Waals surface area contributed by atoms with Crippen molar-refractivity contribution in [2.45, 2.75) is 61.1 Å². The third kappa shape index (κ3) is 13.6. The lowest BCUT2D eigenvalue weighted by Gasteiger charge is -2.14. The molecule has 0 atom stereocenters. The van der Waals surface area contributed by atoms with Crippen LogP contribution in [0.2, 0.25) is 0 Å². The number of rotatable bonds is 17. The highest BCUT2D eigenvalue weighted by Gasteiger charge is 2.25. The Hall–Kier alpha value is -8.70. The summed E-state index contributed by atoms with van der Waals surface area (Å²) in [5, 5.41) is 10.4. The number of benzene rings is 8. The molecule has 0 spiro atoms. The normalized spacial score (nSPS) is 11.7. The molecule has 0 radical (unpaired) electrons. The van der Waals surface area contributed by atoms with Crippen molar-refractivity contribution in [2.75, 3.05) is 21.3 Å². The zero-order valence-electron chi connectivity index (χ0n) is 42.5. The topological polar surface area (TPSA) is 256 Å². The largest absolute Gasteiger partial charge is 0.379 e. The number of carbonyl (C=O) groups is 2. The highest BCUT2D eigenvalue weighted by molar-refractivity contribution is 7.88. The van der Waals surface area contributed by atoms with Gasteiger partial charge in [0.25, 0.3) is 0 Å². The zero-order chi connectivity index (χ0) is 56.2. The first-order valence-electron chi connectivity index (χ1n) is 23.5. The van der Waals surface area contributed by atoms with Crippen molar-refractivity contribution in [1.82, 2.24) is 0 Å². The van der Waals surface area contributed by atoms with Crippen molar-refractivity contribution in [2.24, 2.45) is 0 Å². The Balaban J connectivity index is 0.837. The highest BCUT2D eigenvalue weighted by atomic mass is 32.2. The van der Waals surface area contributed by atoms with Crippen molar-refractivity contribution < 1.29 is 60.0 Å². The molecule has 0 aliphatic heterocycles. The summed E-state index contributed by atoms with van der Waals surface area (Å²) in [6, 6.07) is 39.7. The summed E-state index contributed by atoms with van der Waals surface area (Å²) in [5.41, 5.74) is 5.79. The maximum absolute atomic E-state index is 13.4. The first-order valence-corrected chi connectivity index (χ1v) is 29.2. The molecule has 0 aromatic heterocycles. The second-order valence-electron chi connectivity index (χ2n) is 17.9. The number of anilines is 4. The van der Waals surface area contributed by atoms with E-state index in [1.165, 1.54) is 146 Å². The zero-order valence-corrected chi connectivity index (χ0v) is 45.8. The van der Waals surface area contributed by atoms with Gasteiger partial charge >= 0.3 is 52.5 Å². The number of urea groups is 2. The van der Waals surface area contributed by atoms with Gasteiger partial charge in [0.1, 0.15) is 42.6 Å². The van der Waals surface area contributed by atoms with Crippen LogP contribution < -0.4 is 38.0 Å². The minimum Gasteiger partial charge on any atom is -0.379 e. The molecule has 0 aliphatic rings. The molecule has 0 bridgehead atoms. The molecule has 78 heavy (non-hydrogen) atoms. The van der Waals surface area contributed by atoms with Crippen molar-refractivity contribution in [3.05, 3.63) is 203 Å². The molecule has 0 unspecified atom stereocenters. The molecule has 4 amide bonds. The third-order valence-corrected chi connectivity index (χ3v) is 17.2. The summed E-state index contributed by atoms with van der Waals surface area (Å²) in [7, 11) is -17.2. The molecular weight excluding hydrogens is 1080 g/mol. The molecule has 0 aliphatic carbocycles. The Morgan fingerprint density at radius 3 is 0.821 bits per heavy atom. The number of hydrogen-bond acceptors (Lipinski definition) is 14. The van der Waals surface area contributed by atoms with E-state index in [2.05, 4.69) is 21.3 Å². The van der Waals surface area contributed by atoms with Gasteiger partial charge in [-0.3, -0.25) is 0 Å². The Morgan fingerprint density at radius 1 is 0.321 bits per heavy atom. The highest BCUT2D eigenvalue weighted by Crippen LogP contribution is 2.31. The summed E-state index contributed by atoms with van der Waals surface area (Å²) in [5.74, 6) is -0.294. The average Bonchev–Trinajstić information content (AvgIpc) is 3.34. The molecule has 0 heterocycles. The van der Waals surface area contributed by atoms with Crippen LogP contribution in [0, 0.1) is 41.5 Å². The van der Waals surface area contributed by atoms with Crippen LogP contribution in [-0.2, 0) is 40.5 Å². The second-order valence-corrected chi connectivity index (χ2v) is 24.0. The molecule has 22 heteroatoms. The summed E-state index contributed by atoms with van der Waals surface area (Å²) in [6.45, 7) is 10.4. The summed E-state index contributed by atoms with van der Waals surface area (Å²) in [6.07, 6.45) is 0. The van der Waals surface area contributed by atoms with Gasteiger partial charge in [0.05, 0.1) is 0 Å². The van der Waals surface area contributed by atoms with Gasteiger partial charge in [0.15, 0.2) is 0 Å². The van der Waals surface area contributed by atoms with Gasteiger partial charge in [0.2, 0.25) is 0 Å². The molecule has 4 N–H and O–H groups in total. The van der Waals surface area contributed by atoms with Crippen LogP contribution in [0.15, 0.2) is 189 Å². The quantitative estimate of drug-likeness (QED) is 0.0619. The van der Waals surface area contributed by atoms with Crippen LogP contribution in [0.1, 0.15) is 33.4 Å². The van der Waals surface area contributed by atoms with Crippen LogP contribution in [0.5, 0.6) is 23.0 Å². The summed E-state index contributed by atoms with van der Waals surface area (Å²) >= 11 is 0. The lowest BCUT2D eigenvalue weighted by atomic mass is 10.1. The van der Waals surface area contributed by atoms with Gasteiger partial charge in [-0.05, 0) is 148 Å². The SMILES string of the molecule is Cc1cc(C)c(S(=O)(=O)Oc2cccc(NC(=O)Nc3cccc(OS(=O)(=O)c4ccc(-c5ccc(S(=O)(=O)Oc6cccc(NC(=O)Nc7cccc(OS(=O)(=O)c8c(C)cc(C)cc8C)c7)c6)cc5)cc4)c3)c2)c(C)c1. The van der Waals surface area contributed by atoms with Crippen LogP contribution in [-0.4, -0.2) is 45.7 Å². The van der Waals surface area contributed by atoms with Crippen molar-refractivity contribution in [3.63, 3.8) is 0 Å². The fourth-order valence-electron chi connectivity index (χ4n) is 8.53. The van der Waals surface area contributed by atoms with Gasteiger partial charge < -0.3 is 38.0 Å². The van der Waals surface area contributed by atoms with Gasteiger partial charge in [-0.25, -0.2) is 9.59 Å². The first-order chi connectivity index (χ1) is 36.8. The Bertz CT molecular complexity index is 3790. The van der Waals surface area contributed by atoms with E-state index in [4.69, 9.17) is 16.7 Å². The summed E-state index contributed by atoms with van der Waals surface area (Å²) in [4.78, 5) is 25.7. The van der Waals surface area contributed by atoms with Crippen LogP contribution in [0.3, 0.4) is 0 Å². The molecule has 18 nitrogen and oxygen atoms in total. The minimum atomic E-state index is -4.39. The first kappa shape index (κ1) is 55.5. The predicted octanol–water partition coefficient (Wildman–Crippen LogP) is 11.6. The molecule has 8 aromatic rings.